The van der Waals surface area contributed by atoms with Gasteiger partial charge in [0.25, 0.3) is 0 Å². The van der Waals surface area contributed by atoms with Crippen LogP contribution in [0.4, 0.5) is 9.18 Å². The van der Waals surface area contributed by atoms with Crippen molar-refractivity contribution in [2.24, 2.45) is 27.8 Å². The first-order chi connectivity index (χ1) is 16.7. The van der Waals surface area contributed by atoms with Crippen molar-refractivity contribution in [1.82, 2.24) is 14.8 Å². The number of likely N-dealkylation sites (tertiary alicyclic amines) is 2. The second kappa shape index (κ2) is 9.61. The summed E-state index contributed by atoms with van der Waals surface area (Å²) in [6.45, 7) is 12.1. The number of esters is 1. The van der Waals surface area contributed by atoms with Gasteiger partial charge in [-0.2, -0.15) is 0 Å². The molecule has 3 heterocycles. The quantitative estimate of drug-likeness (QED) is 0.139. The van der Waals surface area contributed by atoms with E-state index in [2.05, 4.69) is 23.8 Å². The molecule has 0 aromatic heterocycles. The number of carbonyl (C=O) groups excluding carboxylic acids is 2. The number of nitrogens with zero attached hydrogens (tertiary/aromatic N) is 4. The van der Waals surface area contributed by atoms with Gasteiger partial charge in [-0.1, -0.05) is 0 Å². The molecule has 192 valence electrons. The van der Waals surface area contributed by atoms with E-state index in [1.807, 2.05) is 23.0 Å². The molecule has 1 aliphatic carbocycles. The third kappa shape index (κ3) is 5.35. The Bertz CT molecular complexity index is 995. The van der Waals surface area contributed by atoms with E-state index in [1.165, 1.54) is 18.6 Å². The van der Waals surface area contributed by atoms with Crippen LogP contribution in [0.1, 0.15) is 32.8 Å². The van der Waals surface area contributed by atoms with Crippen LogP contribution in [0.25, 0.3) is 0 Å². The van der Waals surface area contributed by atoms with E-state index in [4.69, 9.17) is 4.74 Å². The Labute approximate surface area is 217 Å². The summed E-state index contributed by atoms with van der Waals surface area (Å²) in [6.07, 6.45) is 3.17. The standard InChI is InChI=1S/C26H35FIN4O3/c1-4-35-23(33)22-14-31(17-26(22)15-30(16-26)12-19-9-25(19,2)3)24(34)28-21-10-29-32(13-21)11-18-5-7-20(27)8-6-18/h5-8,10,19,21-22H,4,9,11-17H2,1-3H3/q-1/t19-,21?,22?/m1/s1. The fourth-order valence-electron chi connectivity index (χ4n) is 5.78. The van der Waals surface area contributed by atoms with Gasteiger partial charge in [-0.25, -0.2) is 0 Å². The van der Waals surface area contributed by atoms with Crippen LogP contribution >= 0.6 is 0 Å². The number of halogens is 2. The third-order valence-corrected chi connectivity index (χ3v) is 10.8. The molecule has 3 atom stereocenters. The van der Waals surface area contributed by atoms with Crippen molar-refractivity contribution in [3.05, 3.63) is 35.6 Å². The number of hydrogen-bond acceptors (Lipinski definition) is 6. The molecule has 0 bridgehead atoms. The predicted molar refractivity (Wildman–Crippen MR) is 127 cm³/mol. The molecule has 0 N–H and O–H groups in total. The second-order valence-electron chi connectivity index (χ2n) is 11.2. The van der Waals surface area contributed by atoms with Crippen molar-refractivity contribution in [2.75, 3.05) is 45.9 Å². The Morgan fingerprint density at radius 2 is 1.89 bits per heavy atom. The van der Waals surface area contributed by atoms with Gasteiger partial charge < -0.3 is 0 Å². The Kier molecular flexibility index (Phi) is 6.84. The fraction of sp³-hybridized carbons (Fsp3) is 0.654. The van der Waals surface area contributed by atoms with Crippen LogP contribution in [0.15, 0.2) is 29.4 Å². The molecule has 9 heteroatoms. The Hall–Kier alpha value is -1.75. The van der Waals surface area contributed by atoms with Crippen molar-refractivity contribution < 1.29 is 39.9 Å². The van der Waals surface area contributed by atoms with Crippen LogP contribution in [-0.4, -0.2) is 80.7 Å². The zero-order valence-electron chi connectivity index (χ0n) is 20.8. The van der Waals surface area contributed by atoms with Gasteiger partial charge in [0.15, 0.2) is 0 Å². The topological polar surface area (TPSA) is 65.5 Å². The summed E-state index contributed by atoms with van der Waals surface area (Å²) in [4.78, 5) is 30.5. The van der Waals surface area contributed by atoms with Gasteiger partial charge in [-0.05, 0) is 0 Å². The van der Waals surface area contributed by atoms with Crippen LogP contribution in [0.5, 0.6) is 0 Å². The maximum absolute atomic E-state index is 13.3. The molecule has 3 fully saturated rings. The maximum atomic E-state index is 13.3. The molecule has 3 aliphatic heterocycles. The summed E-state index contributed by atoms with van der Waals surface area (Å²) in [5, 5.41) is 6.43. The number of carbonyl (C=O) groups is 2. The second-order valence-corrected chi connectivity index (χ2v) is 14.4. The molecule has 7 nitrogen and oxygen atoms in total. The van der Waals surface area contributed by atoms with E-state index < -0.39 is 21.2 Å². The summed E-state index contributed by atoms with van der Waals surface area (Å²) in [5.41, 5.74) is 1.28. The minimum atomic E-state index is -0.792. The molecule has 1 saturated carbocycles. The monoisotopic (exact) mass is 597 g/mol. The Balaban J connectivity index is 1.15. The van der Waals surface area contributed by atoms with E-state index in [0.717, 1.165) is 31.1 Å². The van der Waals surface area contributed by atoms with Crippen LogP contribution in [0, 0.1) is 28.5 Å². The molecule has 35 heavy (non-hydrogen) atoms. The van der Waals surface area contributed by atoms with E-state index >= 15 is 0 Å². The molecule has 1 aromatic carbocycles. The molecule has 4 aliphatic rings. The van der Waals surface area contributed by atoms with Gasteiger partial charge in [0.1, 0.15) is 0 Å². The van der Waals surface area contributed by atoms with Gasteiger partial charge in [-0.15, -0.1) is 0 Å². The molecule has 2 unspecified atom stereocenters. The SMILES string of the molecule is CCOC(=O)C1CN(C(=O)[I-]C2C=NN(Cc3ccc(F)cc3)C2)CC12CN(C[C@H]1CC1(C)C)C2. The average molecular weight is 597 g/mol. The zero-order valence-corrected chi connectivity index (χ0v) is 22.9. The number of benzene rings is 1. The first kappa shape index (κ1) is 24.9. The van der Waals surface area contributed by atoms with Crippen molar-refractivity contribution in [3.63, 3.8) is 0 Å². The molecular weight excluding hydrogens is 562 g/mol. The Morgan fingerprint density at radius 1 is 1.17 bits per heavy atom. The van der Waals surface area contributed by atoms with Gasteiger partial charge in [0, 0.05) is 0 Å². The summed E-state index contributed by atoms with van der Waals surface area (Å²) in [7, 11) is 0. The Morgan fingerprint density at radius 3 is 2.54 bits per heavy atom. The summed E-state index contributed by atoms with van der Waals surface area (Å²) < 4.78 is 18.9. The molecule has 1 spiro atoms. The van der Waals surface area contributed by atoms with E-state index in [9.17, 15) is 14.0 Å². The number of hydrogen-bond donors (Lipinski definition) is 0. The van der Waals surface area contributed by atoms with Gasteiger partial charge in [0.2, 0.25) is 0 Å². The van der Waals surface area contributed by atoms with Crippen molar-refractivity contribution in [1.29, 1.82) is 0 Å². The first-order valence-corrected chi connectivity index (χ1v) is 14.8. The van der Waals surface area contributed by atoms with Gasteiger partial charge in [-0.3, -0.25) is 0 Å². The van der Waals surface area contributed by atoms with Crippen LogP contribution in [0.2, 0.25) is 0 Å². The number of ether oxygens (including phenoxy) is 1. The zero-order chi connectivity index (χ0) is 24.8. The summed E-state index contributed by atoms with van der Waals surface area (Å²) in [5.74, 6) is 0.111. The third-order valence-electron chi connectivity index (χ3n) is 8.03. The van der Waals surface area contributed by atoms with E-state index in [1.54, 1.807) is 12.1 Å². The molecule has 0 radical (unpaired) electrons. The molecule has 2 saturated heterocycles. The van der Waals surface area contributed by atoms with Crippen molar-refractivity contribution in [2.45, 2.75) is 37.7 Å². The first-order valence-electron chi connectivity index (χ1n) is 12.5. The van der Waals surface area contributed by atoms with Gasteiger partial charge >= 0.3 is 218 Å². The minimum absolute atomic E-state index is 0.148. The fourth-order valence-corrected chi connectivity index (χ4v) is 8.19. The summed E-state index contributed by atoms with van der Waals surface area (Å²) >= 11 is -0.792. The van der Waals surface area contributed by atoms with Crippen LogP contribution in [-0.2, 0) is 16.1 Å². The molecule has 5 rings (SSSR count). The van der Waals surface area contributed by atoms with E-state index in [0.29, 0.717) is 38.2 Å². The molecule has 1 aromatic rings. The van der Waals surface area contributed by atoms with E-state index in [-0.39, 0.29) is 31.0 Å². The number of rotatable bonds is 8. The summed E-state index contributed by atoms with van der Waals surface area (Å²) in [6, 6.07) is 6.45. The van der Waals surface area contributed by atoms with Gasteiger partial charge in [0.05, 0.1) is 0 Å². The number of alkyl halides is 1. The predicted octanol–water partition coefficient (Wildman–Crippen LogP) is 0.0477. The normalized spacial score (nSPS) is 28.5. The number of hydrazone groups is 1. The molecular formula is C26H35FIN4O3-. The van der Waals surface area contributed by atoms with Crippen molar-refractivity contribution in [3.8, 4) is 0 Å². The van der Waals surface area contributed by atoms with Crippen LogP contribution in [0.3, 0.4) is 0 Å². The average Bonchev–Trinajstić information content (AvgIpc) is 3.11. The molecule has 1 amide bonds. The van der Waals surface area contributed by atoms with Crippen molar-refractivity contribution >= 4 is 16.1 Å². The number of amides is 1. The van der Waals surface area contributed by atoms with Crippen LogP contribution < -0.4 is 21.2 Å².